The highest BCUT2D eigenvalue weighted by Gasteiger charge is 2.02. The molecule has 0 spiro atoms. The van der Waals surface area contributed by atoms with Gasteiger partial charge in [-0.15, -0.1) is 12.4 Å². The van der Waals surface area contributed by atoms with E-state index in [4.69, 9.17) is 5.73 Å². The molecule has 0 fully saturated rings. The molecule has 0 bridgehead atoms. The lowest BCUT2D eigenvalue weighted by Crippen LogP contribution is -2.39. The Bertz CT molecular complexity index is 210. The van der Waals surface area contributed by atoms with Gasteiger partial charge in [0.2, 0.25) is 11.8 Å². The summed E-state index contributed by atoms with van der Waals surface area (Å²) in [7, 11) is 0. The molecular weight excluding hydrogens is 230 g/mol. The van der Waals surface area contributed by atoms with E-state index in [1.54, 1.807) is 0 Å². The zero-order valence-corrected chi connectivity index (χ0v) is 10.7. The summed E-state index contributed by atoms with van der Waals surface area (Å²) < 4.78 is 0. The second kappa shape index (κ2) is 10.7. The van der Waals surface area contributed by atoms with Crippen LogP contribution in [0.2, 0.25) is 0 Å². The van der Waals surface area contributed by atoms with Crippen molar-refractivity contribution >= 4 is 24.2 Å². The minimum absolute atomic E-state index is 0. The lowest BCUT2D eigenvalue weighted by atomic mass is 10.1. The summed E-state index contributed by atoms with van der Waals surface area (Å²) in [5.74, 6) is 0.173. The number of carbonyl (C=O) groups excluding carboxylic acids is 2. The zero-order chi connectivity index (χ0) is 11.7. The molecule has 0 atom stereocenters. The third-order valence-electron chi connectivity index (χ3n) is 1.91. The maximum atomic E-state index is 11.1. The number of rotatable bonds is 7. The van der Waals surface area contributed by atoms with Crippen LogP contribution in [0.25, 0.3) is 0 Å². The van der Waals surface area contributed by atoms with Crippen LogP contribution in [-0.4, -0.2) is 31.4 Å². The van der Waals surface area contributed by atoms with Gasteiger partial charge < -0.3 is 16.4 Å². The van der Waals surface area contributed by atoms with Gasteiger partial charge in [-0.25, -0.2) is 0 Å². The minimum Gasteiger partial charge on any atom is -0.355 e. The Morgan fingerprint density at radius 1 is 1.19 bits per heavy atom. The van der Waals surface area contributed by atoms with Crippen LogP contribution in [0.1, 0.15) is 26.7 Å². The smallest absolute Gasteiger partial charge is 0.239 e. The summed E-state index contributed by atoms with van der Waals surface area (Å²) in [6.07, 6.45) is 2.06. The summed E-state index contributed by atoms with van der Waals surface area (Å²) in [5.41, 5.74) is 5.07. The molecule has 96 valence electrons. The summed E-state index contributed by atoms with van der Waals surface area (Å²) in [6, 6.07) is 0. The normalized spacial score (nSPS) is 9.50. The van der Waals surface area contributed by atoms with Crippen LogP contribution in [0.3, 0.4) is 0 Å². The predicted octanol–water partition coefficient (Wildman–Crippen LogP) is 0.0355. The van der Waals surface area contributed by atoms with E-state index < -0.39 is 0 Å². The van der Waals surface area contributed by atoms with Crippen LogP contribution in [0.15, 0.2) is 0 Å². The Hall–Kier alpha value is -0.810. The molecule has 6 heteroatoms. The minimum atomic E-state index is -0.313. The molecule has 0 aromatic heterocycles. The van der Waals surface area contributed by atoms with Gasteiger partial charge in [-0.3, -0.25) is 9.59 Å². The van der Waals surface area contributed by atoms with Crippen molar-refractivity contribution in [3.05, 3.63) is 0 Å². The molecule has 0 unspecified atom stereocenters. The van der Waals surface area contributed by atoms with E-state index >= 15 is 0 Å². The molecule has 5 nitrogen and oxygen atoms in total. The highest BCUT2D eigenvalue weighted by atomic mass is 35.5. The van der Waals surface area contributed by atoms with E-state index in [2.05, 4.69) is 24.5 Å². The van der Waals surface area contributed by atoms with Crippen molar-refractivity contribution in [3.8, 4) is 0 Å². The van der Waals surface area contributed by atoms with Crippen LogP contribution >= 0.6 is 12.4 Å². The number of carbonyl (C=O) groups is 2. The summed E-state index contributed by atoms with van der Waals surface area (Å²) in [6.45, 7) is 4.88. The highest BCUT2D eigenvalue weighted by Crippen LogP contribution is 2.01. The van der Waals surface area contributed by atoms with E-state index in [0.29, 0.717) is 12.5 Å². The van der Waals surface area contributed by atoms with Crippen molar-refractivity contribution in [2.45, 2.75) is 26.7 Å². The maximum absolute atomic E-state index is 11.1. The third kappa shape index (κ3) is 11.3. The van der Waals surface area contributed by atoms with Crippen molar-refractivity contribution in [1.29, 1.82) is 0 Å². The topological polar surface area (TPSA) is 84.2 Å². The number of hydrogen-bond donors (Lipinski definition) is 3. The first-order valence-electron chi connectivity index (χ1n) is 5.29. The fraction of sp³-hybridized carbons (Fsp3) is 0.800. The molecule has 0 rings (SSSR count). The van der Waals surface area contributed by atoms with Crippen molar-refractivity contribution < 1.29 is 9.59 Å². The lowest BCUT2D eigenvalue weighted by Gasteiger charge is -2.07. The molecule has 0 aliphatic heterocycles. The van der Waals surface area contributed by atoms with Gasteiger partial charge in [0.05, 0.1) is 13.1 Å². The third-order valence-corrected chi connectivity index (χ3v) is 1.91. The fourth-order valence-electron chi connectivity index (χ4n) is 1.05. The number of halogens is 1. The number of hydrogen-bond acceptors (Lipinski definition) is 3. The number of amides is 2. The first kappa shape index (κ1) is 17.6. The van der Waals surface area contributed by atoms with Gasteiger partial charge in [-0.05, 0) is 18.8 Å². The van der Waals surface area contributed by atoms with E-state index in [9.17, 15) is 9.59 Å². The molecule has 0 aliphatic carbocycles. The average Bonchev–Trinajstić information content (AvgIpc) is 2.20. The maximum Gasteiger partial charge on any atom is 0.239 e. The molecule has 0 saturated carbocycles. The summed E-state index contributed by atoms with van der Waals surface area (Å²) in [5, 5.41) is 5.13. The predicted molar refractivity (Wildman–Crippen MR) is 66.4 cm³/mol. The van der Waals surface area contributed by atoms with Crippen LogP contribution in [0.4, 0.5) is 0 Å². The summed E-state index contributed by atoms with van der Waals surface area (Å²) >= 11 is 0. The van der Waals surface area contributed by atoms with Crippen molar-refractivity contribution in [1.82, 2.24) is 10.6 Å². The van der Waals surface area contributed by atoms with E-state index in [1.165, 1.54) is 0 Å². The molecule has 0 heterocycles. The van der Waals surface area contributed by atoms with Gasteiger partial charge >= 0.3 is 0 Å². The molecular formula is C10H22ClN3O2. The molecule has 0 aromatic carbocycles. The van der Waals surface area contributed by atoms with E-state index in [1.807, 2.05) is 0 Å². The molecule has 0 aliphatic rings. The quantitative estimate of drug-likeness (QED) is 0.559. The first-order chi connectivity index (χ1) is 7.06. The number of nitrogens with two attached hydrogens (primary N) is 1. The standard InChI is InChI=1S/C10H21N3O2.ClH/c1-8(2)4-3-5-12-10(15)7-13-9(14)6-11;/h8H,3-7,11H2,1-2H3,(H,12,15)(H,13,14);1H. The van der Waals surface area contributed by atoms with Gasteiger partial charge in [0, 0.05) is 6.54 Å². The van der Waals surface area contributed by atoms with Crippen LogP contribution in [0.5, 0.6) is 0 Å². The largest absolute Gasteiger partial charge is 0.355 e. The first-order valence-corrected chi connectivity index (χ1v) is 5.29. The van der Waals surface area contributed by atoms with Crippen molar-refractivity contribution in [2.75, 3.05) is 19.6 Å². The SMILES string of the molecule is CC(C)CCCNC(=O)CNC(=O)CN.Cl. The molecule has 2 amide bonds. The van der Waals surface area contributed by atoms with Gasteiger partial charge in [-0.2, -0.15) is 0 Å². The molecule has 4 N–H and O–H groups in total. The van der Waals surface area contributed by atoms with E-state index in [-0.39, 0.29) is 37.3 Å². The monoisotopic (exact) mass is 251 g/mol. The Labute approximate surface area is 103 Å². The molecule has 0 saturated heterocycles. The second-order valence-electron chi connectivity index (χ2n) is 3.87. The Kier molecular flexibility index (Phi) is 11.8. The van der Waals surface area contributed by atoms with Crippen LogP contribution in [-0.2, 0) is 9.59 Å². The highest BCUT2D eigenvalue weighted by molar-refractivity contribution is 5.85. The van der Waals surface area contributed by atoms with Crippen molar-refractivity contribution in [2.24, 2.45) is 11.7 Å². The second-order valence-corrected chi connectivity index (χ2v) is 3.87. The van der Waals surface area contributed by atoms with Crippen LogP contribution < -0.4 is 16.4 Å². The molecule has 0 radical (unpaired) electrons. The van der Waals surface area contributed by atoms with Gasteiger partial charge in [0.1, 0.15) is 0 Å². The zero-order valence-electron chi connectivity index (χ0n) is 9.91. The van der Waals surface area contributed by atoms with E-state index in [0.717, 1.165) is 12.8 Å². The number of nitrogens with one attached hydrogen (secondary N) is 2. The van der Waals surface area contributed by atoms with Crippen LogP contribution in [0, 0.1) is 5.92 Å². The van der Waals surface area contributed by atoms with Gasteiger partial charge in [0.25, 0.3) is 0 Å². The van der Waals surface area contributed by atoms with Gasteiger partial charge in [-0.1, -0.05) is 13.8 Å². The van der Waals surface area contributed by atoms with Gasteiger partial charge in [0.15, 0.2) is 0 Å². The average molecular weight is 252 g/mol. The molecule has 16 heavy (non-hydrogen) atoms. The Morgan fingerprint density at radius 3 is 2.31 bits per heavy atom. The Morgan fingerprint density at radius 2 is 1.81 bits per heavy atom. The van der Waals surface area contributed by atoms with Crippen molar-refractivity contribution in [3.63, 3.8) is 0 Å². The Balaban J connectivity index is 0. The molecule has 0 aromatic rings. The fourth-order valence-corrected chi connectivity index (χ4v) is 1.05. The summed E-state index contributed by atoms with van der Waals surface area (Å²) in [4.78, 5) is 21.9. The lowest BCUT2D eigenvalue weighted by molar-refractivity contribution is -0.125.